The summed E-state index contributed by atoms with van der Waals surface area (Å²) in [6, 6.07) is 8.48. The first kappa shape index (κ1) is 24.7. The molecule has 10 nitrogen and oxygen atoms in total. The molecule has 1 amide bonds. The molecule has 0 radical (unpaired) electrons. The van der Waals surface area contributed by atoms with E-state index in [1.807, 2.05) is 13.8 Å². The number of carbonyl (C=O) groups excluding carboxylic acids is 2. The van der Waals surface area contributed by atoms with E-state index in [0.29, 0.717) is 18.6 Å². The lowest BCUT2D eigenvalue weighted by molar-refractivity contribution is -0.384. The van der Waals surface area contributed by atoms with Gasteiger partial charge in [-0.15, -0.1) is 0 Å². The van der Waals surface area contributed by atoms with Crippen LogP contribution in [0.3, 0.4) is 0 Å². The Hall–Kier alpha value is -3.92. The number of amides is 1. The van der Waals surface area contributed by atoms with Crippen LogP contribution in [0.4, 0.5) is 5.69 Å². The van der Waals surface area contributed by atoms with Crippen LogP contribution in [0.25, 0.3) is 5.76 Å². The minimum absolute atomic E-state index is 0.00899. The minimum Gasteiger partial charge on any atom is -0.507 e. The van der Waals surface area contributed by atoms with Gasteiger partial charge in [0, 0.05) is 30.8 Å². The first-order valence-corrected chi connectivity index (χ1v) is 10.7. The first-order chi connectivity index (χ1) is 16.1. The van der Waals surface area contributed by atoms with Crippen molar-refractivity contribution in [2.24, 2.45) is 0 Å². The van der Waals surface area contributed by atoms with E-state index in [1.165, 1.54) is 54.5 Å². The van der Waals surface area contributed by atoms with Crippen LogP contribution in [0.1, 0.15) is 37.4 Å². The van der Waals surface area contributed by atoms with Crippen molar-refractivity contribution in [3.05, 3.63) is 69.3 Å². The van der Waals surface area contributed by atoms with E-state index in [4.69, 9.17) is 9.47 Å². The highest BCUT2D eigenvalue weighted by Gasteiger charge is 2.46. The number of carbonyl (C=O) groups is 2. The molecule has 1 heterocycles. The smallest absolute Gasteiger partial charge is 0.295 e. The van der Waals surface area contributed by atoms with Gasteiger partial charge in [-0.1, -0.05) is 6.07 Å². The maximum atomic E-state index is 13.0. The number of ether oxygens (including phenoxy) is 2. The van der Waals surface area contributed by atoms with Gasteiger partial charge >= 0.3 is 0 Å². The molecule has 0 spiro atoms. The quantitative estimate of drug-likeness (QED) is 0.142. The number of phenols is 1. The molecular weight excluding hydrogens is 444 g/mol. The zero-order valence-corrected chi connectivity index (χ0v) is 19.1. The van der Waals surface area contributed by atoms with E-state index >= 15 is 0 Å². The number of non-ortho nitro benzene ring substituents is 1. The van der Waals surface area contributed by atoms with Gasteiger partial charge in [-0.2, -0.15) is 0 Å². The van der Waals surface area contributed by atoms with Crippen LogP contribution >= 0.6 is 0 Å². The average Bonchev–Trinajstić information content (AvgIpc) is 3.06. The lowest BCUT2D eigenvalue weighted by Gasteiger charge is -2.26. The molecular formula is C24H26N2O8. The van der Waals surface area contributed by atoms with Crippen molar-refractivity contribution in [2.75, 3.05) is 20.3 Å². The van der Waals surface area contributed by atoms with Gasteiger partial charge in [0.05, 0.1) is 29.8 Å². The topological polar surface area (TPSA) is 139 Å². The van der Waals surface area contributed by atoms with Crippen molar-refractivity contribution in [1.82, 2.24) is 4.90 Å². The number of hydrogen-bond acceptors (Lipinski definition) is 8. The maximum absolute atomic E-state index is 13.0. The molecule has 1 fully saturated rings. The Kier molecular flexibility index (Phi) is 7.52. The number of rotatable bonds is 9. The molecule has 1 aliphatic rings. The van der Waals surface area contributed by atoms with Gasteiger partial charge in [0.2, 0.25) is 0 Å². The van der Waals surface area contributed by atoms with Crippen molar-refractivity contribution in [3.8, 4) is 11.5 Å². The minimum atomic E-state index is -0.955. The number of nitro benzene ring substituents is 1. The third-order valence-electron chi connectivity index (χ3n) is 5.41. The van der Waals surface area contributed by atoms with Gasteiger partial charge in [-0.05, 0) is 50.1 Å². The van der Waals surface area contributed by atoms with E-state index in [9.17, 15) is 29.9 Å². The van der Waals surface area contributed by atoms with Gasteiger partial charge in [-0.3, -0.25) is 19.7 Å². The Morgan fingerprint density at radius 1 is 1.18 bits per heavy atom. The lowest BCUT2D eigenvalue weighted by Crippen LogP contribution is -2.31. The number of nitro groups is 1. The Bertz CT molecular complexity index is 1120. The molecule has 2 aromatic rings. The molecule has 3 rings (SSSR count). The SMILES string of the molecule is COc1cc([C@@H]2C(=C(O)c3ccc([N+](=O)[O-])cc3)C(=O)C(=O)N2CCCOC(C)C)ccc1O. The molecule has 0 aromatic heterocycles. The molecule has 2 aromatic carbocycles. The van der Waals surface area contributed by atoms with E-state index in [1.54, 1.807) is 0 Å². The van der Waals surface area contributed by atoms with Crippen LogP contribution in [0.15, 0.2) is 48.0 Å². The number of Topliss-reactive ketones (excluding diaryl/α,β-unsaturated/α-hetero) is 1. The van der Waals surface area contributed by atoms with Crippen molar-refractivity contribution in [1.29, 1.82) is 0 Å². The monoisotopic (exact) mass is 470 g/mol. The Balaban J connectivity index is 2.08. The van der Waals surface area contributed by atoms with Crippen LogP contribution in [-0.4, -0.2) is 58.1 Å². The molecule has 0 aliphatic carbocycles. The van der Waals surface area contributed by atoms with E-state index in [0.717, 1.165) is 0 Å². The number of aromatic hydroxyl groups is 1. The zero-order chi connectivity index (χ0) is 25.0. The standard InChI is InChI=1S/C24H26N2O8/c1-14(2)34-12-4-11-25-21(16-7-10-18(27)19(13-16)33-3)20(23(29)24(25)30)22(28)15-5-8-17(9-6-15)26(31)32/h5-10,13-14,21,27-28H,4,11-12H2,1-3H3/t21-/m1/s1. The predicted molar refractivity (Wildman–Crippen MR) is 122 cm³/mol. The highest BCUT2D eigenvalue weighted by atomic mass is 16.6. The molecule has 1 aliphatic heterocycles. The summed E-state index contributed by atoms with van der Waals surface area (Å²) in [4.78, 5) is 37.7. The van der Waals surface area contributed by atoms with Crippen LogP contribution in [0.5, 0.6) is 11.5 Å². The van der Waals surface area contributed by atoms with Crippen LogP contribution in [0, 0.1) is 10.1 Å². The van der Waals surface area contributed by atoms with E-state index < -0.39 is 28.4 Å². The van der Waals surface area contributed by atoms with Crippen molar-refractivity contribution >= 4 is 23.1 Å². The van der Waals surface area contributed by atoms with Crippen LogP contribution in [0.2, 0.25) is 0 Å². The Labute approximate surface area is 196 Å². The molecule has 10 heteroatoms. The van der Waals surface area contributed by atoms with Gasteiger partial charge in [0.15, 0.2) is 11.5 Å². The second-order valence-corrected chi connectivity index (χ2v) is 8.00. The normalized spacial score (nSPS) is 17.4. The summed E-state index contributed by atoms with van der Waals surface area (Å²) in [5.41, 5.74) is 0.267. The van der Waals surface area contributed by atoms with Gasteiger partial charge in [0.25, 0.3) is 17.4 Å². The second-order valence-electron chi connectivity index (χ2n) is 8.00. The number of aliphatic hydroxyl groups is 1. The fourth-order valence-corrected chi connectivity index (χ4v) is 3.77. The molecule has 180 valence electrons. The highest BCUT2D eigenvalue weighted by molar-refractivity contribution is 6.46. The number of aliphatic hydroxyl groups excluding tert-OH is 1. The molecule has 0 unspecified atom stereocenters. The number of phenolic OH excluding ortho intramolecular Hbond substituents is 1. The zero-order valence-electron chi connectivity index (χ0n) is 19.1. The van der Waals surface area contributed by atoms with Crippen molar-refractivity contribution < 1.29 is 34.2 Å². The molecule has 0 bridgehead atoms. The molecule has 1 atom stereocenters. The number of ketones is 1. The van der Waals surface area contributed by atoms with Gasteiger partial charge in [0.1, 0.15) is 5.76 Å². The molecule has 2 N–H and O–H groups in total. The fraction of sp³-hybridized carbons (Fsp3) is 0.333. The summed E-state index contributed by atoms with van der Waals surface area (Å²) in [6.07, 6.45) is 0.462. The van der Waals surface area contributed by atoms with Gasteiger partial charge in [-0.25, -0.2) is 0 Å². The number of benzene rings is 2. The number of likely N-dealkylation sites (tertiary alicyclic amines) is 1. The summed E-state index contributed by atoms with van der Waals surface area (Å²) in [7, 11) is 1.37. The predicted octanol–water partition coefficient (Wildman–Crippen LogP) is 3.55. The van der Waals surface area contributed by atoms with Crippen LogP contribution in [-0.2, 0) is 14.3 Å². The summed E-state index contributed by atoms with van der Waals surface area (Å²) in [5, 5.41) is 32.0. The number of nitrogens with zero attached hydrogens (tertiary/aromatic N) is 2. The molecule has 1 saturated heterocycles. The fourth-order valence-electron chi connectivity index (χ4n) is 3.77. The third-order valence-corrected chi connectivity index (χ3v) is 5.41. The third kappa shape index (κ3) is 5.01. The van der Waals surface area contributed by atoms with Crippen molar-refractivity contribution in [2.45, 2.75) is 32.4 Å². The Morgan fingerprint density at radius 2 is 1.85 bits per heavy atom. The highest BCUT2D eigenvalue weighted by Crippen LogP contribution is 2.41. The van der Waals surface area contributed by atoms with Crippen molar-refractivity contribution in [3.63, 3.8) is 0 Å². The van der Waals surface area contributed by atoms with Crippen LogP contribution < -0.4 is 4.74 Å². The molecule has 0 saturated carbocycles. The largest absolute Gasteiger partial charge is 0.507 e. The summed E-state index contributed by atoms with van der Waals surface area (Å²) < 4.78 is 10.7. The number of hydrogen-bond donors (Lipinski definition) is 2. The van der Waals surface area contributed by atoms with E-state index in [2.05, 4.69) is 0 Å². The maximum Gasteiger partial charge on any atom is 0.295 e. The second kappa shape index (κ2) is 10.3. The summed E-state index contributed by atoms with van der Waals surface area (Å²) in [5.74, 6) is -2.10. The molecule has 34 heavy (non-hydrogen) atoms. The Morgan fingerprint density at radius 3 is 2.44 bits per heavy atom. The number of methoxy groups -OCH3 is 1. The first-order valence-electron chi connectivity index (χ1n) is 10.7. The average molecular weight is 470 g/mol. The van der Waals surface area contributed by atoms with E-state index in [-0.39, 0.29) is 41.0 Å². The van der Waals surface area contributed by atoms with Gasteiger partial charge < -0.3 is 24.6 Å². The summed E-state index contributed by atoms with van der Waals surface area (Å²) in [6.45, 7) is 4.33. The summed E-state index contributed by atoms with van der Waals surface area (Å²) >= 11 is 0. The lowest BCUT2D eigenvalue weighted by atomic mass is 9.95.